The van der Waals surface area contributed by atoms with E-state index in [4.69, 9.17) is 9.47 Å². The number of esters is 1. The van der Waals surface area contributed by atoms with Gasteiger partial charge in [0.25, 0.3) is 0 Å². The fourth-order valence-electron chi connectivity index (χ4n) is 3.43. The van der Waals surface area contributed by atoms with Crippen LogP contribution in [0.15, 0.2) is 36.7 Å². The zero-order valence-corrected chi connectivity index (χ0v) is 18.3. The van der Waals surface area contributed by atoms with Crippen molar-refractivity contribution in [3.05, 3.63) is 58.2 Å². The van der Waals surface area contributed by atoms with E-state index in [1.54, 1.807) is 6.20 Å². The molecule has 3 heterocycles. The number of morpholine rings is 1. The number of aromatic nitrogens is 1. The van der Waals surface area contributed by atoms with Crippen molar-refractivity contribution in [3.63, 3.8) is 0 Å². The second kappa shape index (κ2) is 10.2. The lowest BCUT2D eigenvalue weighted by Gasteiger charge is -2.27. The van der Waals surface area contributed by atoms with Gasteiger partial charge < -0.3 is 14.4 Å². The molecule has 1 aliphatic rings. The standard InChI is InChI=1S/C21H19N3O3S.C2H6/c1-26-21(25)19-17(11-14-2-3-15-4-5-23-13-16(15)10-14)18(12-22)20(28-19)24-6-8-27-9-7-24;1-2/h2-5,10,13H,6-9,11H2,1H3;1-2H3. The highest BCUT2D eigenvalue weighted by Crippen LogP contribution is 2.38. The third-order valence-corrected chi connectivity index (χ3v) is 6.13. The van der Waals surface area contributed by atoms with Crippen LogP contribution in [0, 0.1) is 11.3 Å². The Morgan fingerprint density at radius 3 is 2.73 bits per heavy atom. The van der Waals surface area contributed by atoms with E-state index in [2.05, 4.69) is 22.0 Å². The van der Waals surface area contributed by atoms with E-state index < -0.39 is 5.97 Å². The minimum atomic E-state index is -0.404. The van der Waals surface area contributed by atoms with Crippen molar-refractivity contribution in [1.29, 1.82) is 5.26 Å². The number of fused-ring (bicyclic) bond motifs is 1. The first-order chi connectivity index (χ1) is 14.7. The summed E-state index contributed by atoms with van der Waals surface area (Å²) in [6.45, 7) is 6.64. The number of thiophene rings is 1. The van der Waals surface area contributed by atoms with E-state index in [1.165, 1.54) is 18.4 Å². The molecule has 1 saturated heterocycles. The molecule has 1 aliphatic heterocycles. The maximum Gasteiger partial charge on any atom is 0.348 e. The Labute approximate surface area is 180 Å². The van der Waals surface area contributed by atoms with E-state index in [9.17, 15) is 10.1 Å². The van der Waals surface area contributed by atoms with Crippen LogP contribution in [-0.4, -0.2) is 44.4 Å². The van der Waals surface area contributed by atoms with Gasteiger partial charge in [-0.1, -0.05) is 26.0 Å². The van der Waals surface area contributed by atoms with Crippen molar-refractivity contribution in [1.82, 2.24) is 4.98 Å². The minimum Gasteiger partial charge on any atom is -0.465 e. The fourth-order valence-corrected chi connectivity index (χ4v) is 4.67. The lowest BCUT2D eigenvalue weighted by Crippen LogP contribution is -2.36. The Bertz CT molecular complexity index is 1070. The molecule has 4 rings (SSSR count). The summed E-state index contributed by atoms with van der Waals surface area (Å²) in [7, 11) is 1.37. The molecular weight excluding hydrogens is 398 g/mol. The number of hydrogen-bond acceptors (Lipinski definition) is 7. The topological polar surface area (TPSA) is 75.4 Å². The molecule has 0 bridgehead atoms. The molecule has 1 fully saturated rings. The number of benzene rings is 1. The van der Waals surface area contributed by atoms with Crippen LogP contribution >= 0.6 is 11.3 Å². The highest BCUT2D eigenvalue weighted by Gasteiger charge is 2.27. The summed E-state index contributed by atoms with van der Waals surface area (Å²) in [5, 5.41) is 12.8. The summed E-state index contributed by atoms with van der Waals surface area (Å²) in [6, 6.07) is 10.4. The first kappa shape index (κ1) is 21.8. The Morgan fingerprint density at radius 1 is 1.27 bits per heavy atom. The van der Waals surface area contributed by atoms with Gasteiger partial charge in [0.2, 0.25) is 0 Å². The van der Waals surface area contributed by atoms with Gasteiger partial charge in [-0.05, 0) is 23.1 Å². The quantitative estimate of drug-likeness (QED) is 0.579. The van der Waals surface area contributed by atoms with E-state index in [0.29, 0.717) is 43.2 Å². The van der Waals surface area contributed by atoms with E-state index in [1.807, 2.05) is 38.2 Å². The number of nitrogens with zero attached hydrogens (tertiary/aromatic N) is 3. The van der Waals surface area contributed by atoms with Crippen LogP contribution in [0.25, 0.3) is 10.8 Å². The van der Waals surface area contributed by atoms with E-state index in [0.717, 1.165) is 26.9 Å². The number of pyridine rings is 1. The second-order valence-corrected chi connectivity index (χ2v) is 7.53. The van der Waals surface area contributed by atoms with E-state index >= 15 is 0 Å². The van der Waals surface area contributed by atoms with Gasteiger partial charge in [-0.2, -0.15) is 5.26 Å². The average molecular weight is 424 g/mol. The Morgan fingerprint density at radius 2 is 2.03 bits per heavy atom. The van der Waals surface area contributed by atoms with Gasteiger partial charge in [-0.3, -0.25) is 4.98 Å². The fraction of sp³-hybridized carbons (Fsp3) is 0.348. The van der Waals surface area contributed by atoms with Crippen molar-refractivity contribution < 1.29 is 14.3 Å². The maximum atomic E-state index is 12.4. The summed E-state index contributed by atoms with van der Waals surface area (Å²) in [4.78, 5) is 19.2. The Hall–Kier alpha value is -2.95. The van der Waals surface area contributed by atoms with Gasteiger partial charge in [-0.25, -0.2) is 4.79 Å². The van der Waals surface area contributed by atoms with Crippen LogP contribution in [0.3, 0.4) is 0 Å². The van der Waals surface area contributed by atoms with Crippen molar-refractivity contribution in [2.75, 3.05) is 38.3 Å². The molecule has 6 nitrogen and oxygen atoms in total. The normalized spacial score (nSPS) is 13.3. The van der Waals surface area contributed by atoms with Crippen LogP contribution < -0.4 is 4.90 Å². The molecule has 7 heteroatoms. The molecule has 0 saturated carbocycles. The van der Waals surface area contributed by atoms with Gasteiger partial charge in [-0.15, -0.1) is 11.3 Å². The Balaban J connectivity index is 0.00000124. The molecule has 0 amide bonds. The summed E-state index contributed by atoms with van der Waals surface area (Å²) in [6.07, 6.45) is 4.07. The van der Waals surface area contributed by atoms with Gasteiger partial charge >= 0.3 is 5.97 Å². The number of carbonyl (C=O) groups excluding carboxylic acids is 1. The molecule has 3 aromatic rings. The highest BCUT2D eigenvalue weighted by atomic mass is 32.1. The summed E-state index contributed by atoms with van der Waals surface area (Å²) in [5.74, 6) is -0.404. The van der Waals surface area contributed by atoms with E-state index in [-0.39, 0.29) is 0 Å². The van der Waals surface area contributed by atoms with Gasteiger partial charge in [0.15, 0.2) is 0 Å². The predicted molar refractivity (Wildman–Crippen MR) is 119 cm³/mol. The molecule has 0 spiro atoms. The van der Waals surface area contributed by atoms with Crippen molar-refractivity contribution >= 4 is 33.1 Å². The zero-order valence-electron chi connectivity index (χ0n) is 17.5. The largest absolute Gasteiger partial charge is 0.465 e. The van der Waals surface area contributed by atoms with Gasteiger partial charge in [0, 0.05) is 42.9 Å². The predicted octanol–water partition coefficient (Wildman–Crippen LogP) is 4.41. The number of rotatable bonds is 4. The SMILES string of the molecule is CC.COC(=O)c1sc(N2CCOCC2)c(C#N)c1Cc1ccc2ccncc2c1. The molecule has 0 aliphatic carbocycles. The van der Waals surface area contributed by atoms with Crippen LogP contribution in [0.2, 0.25) is 0 Å². The number of ether oxygens (including phenoxy) is 2. The molecule has 30 heavy (non-hydrogen) atoms. The lowest BCUT2D eigenvalue weighted by atomic mass is 9.99. The van der Waals surface area contributed by atoms with Gasteiger partial charge in [0.05, 0.1) is 25.9 Å². The Kier molecular flexibility index (Phi) is 7.39. The average Bonchev–Trinajstić information content (AvgIpc) is 3.18. The molecular formula is C23H25N3O3S. The smallest absolute Gasteiger partial charge is 0.348 e. The first-order valence-electron chi connectivity index (χ1n) is 10.0. The van der Waals surface area contributed by atoms with Crippen LogP contribution in [0.5, 0.6) is 0 Å². The van der Waals surface area contributed by atoms with Crippen LogP contribution in [-0.2, 0) is 15.9 Å². The minimum absolute atomic E-state index is 0.404. The summed E-state index contributed by atoms with van der Waals surface area (Å²) >= 11 is 1.33. The van der Waals surface area contributed by atoms with Gasteiger partial charge in [0.1, 0.15) is 15.9 Å². The summed E-state index contributed by atoms with van der Waals surface area (Å²) in [5.41, 5.74) is 2.30. The molecule has 2 aromatic heterocycles. The molecule has 0 radical (unpaired) electrons. The maximum absolute atomic E-state index is 12.4. The highest BCUT2D eigenvalue weighted by molar-refractivity contribution is 7.18. The number of carbonyl (C=O) groups is 1. The third kappa shape index (κ3) is 4.45. The second-order valence-electron chi connectivity index (χ2n) is 6.53. The van der Waals surface area contributed by atoms with Crippen molar-refractivity contribution in [3.8, 4) is 6.07 Å². The zero-order chi connectivity index (χ0) is 21.5. The third-order valence-electron chi connectivity index (χ3n) is 4.86. The monoisotopic (exact) mass is 423 g/mol. The number of nitriles is 1. The molecule has 1 aromatic carbocycles. The van der Waals surface area contributed by atoms with Crippen molar-refractivity contribution in [2.45, 2.75) is 20.3 Å². The number of methoxy groups -OCH3 is 1. The number of anilines is 1. The summed E-state index contributed by atoms with van der Waals surface area (Å²) < 4.78 is 10.4. The lowest BCUT2D eigenvalue weighted by molar-refractivity contribution is 0.0605. The van der Waals surface area contributed by atoms with Crippen molar-refractivity contribution in [2.24, 2.45) is 0 Å². The van der Waals surface area contributed by atoms with Crippen LogP contribution in [0.4, 0.5) is 5.00 Å². The molecule has 0 atom stereocenters. The molecule has 156 valence electrons. The van der Waals surface area contributed by atoms with Crippen LogP contribution in [0.1, 0.15) is 40.2 Å². The number of hydrogen-bond donors (Lipinski definition) is 0. The molecule has 0 unspecified atom stereocenters. The molecule has 0 N–H and O–H groups in total. The first-order valence-corrected chi connectivity index (χ1v) is 10.8.